The van der Waals surface area contributed by atoms with E-state index in [-0.39, 0.29) is 11.5 Å². The van der Waals surface area contributed by atoms with Gasteiger partial charge in [0.15, 0.2) is 0 Å². The third kappa shape index (κ3) is 4.34. The second kappa shape index (κ2) is 6.97. The van der Waals surface area contributed by atoms with E-state index in [2.05, 4.69) is 15.9 Å². The summed E-state index contributed by atoms with van der Waals surface area (Å²) in [6.07, 6.45) is 1.52. The number of ether oxygens (including phenoxy) is 1. The van der Waals surface area contributed by atoms with Crippen LogP contribution < -0.4 is 0 Å². The topological polar surface area (TPSA) is 50.1 Å². The highest BCUT2D eigenvalue weighted by Crippen LogP contribution is 2.19. The van der Waals surface area contributed by atoms with Crippen LogP contribution in [0.5, 0.6) is 0 Å². The molecule has 0 aliphatic carbocycles. The van der Waals surface area contributed by atoms with E-state index >= 15 is 0 Å². The number of carbonyl (C=O) groups is 1. The van der Waals surface area contributed by atoms with Crippen molar-refractivity contribution in [2.75, 3.05) is 6.61 Å². The molecule has 0 bridgehead atoms. The van der Waals surface area contributed by atoms with Crippen LogP contribution in [0.3, 0.4) is 0 Å². The van der Waals surface area contributed by atoms with Crippen molar-refractivity contribution in [2.24, 2.45) is 5.92 Å². The Hall–Kier alpha value is -1.60. The van der Waals surface area contributed by atoms with Gasteiger partial charge in [0, 0.05) is 4.47 Å². The molecule has 0 aliphatic rings. The molecule has 0 radical (unpaired) electrons. The fourth-order valence-corrected chi connectivity index (χ4v) is 1.60. The van der Waals surface area contributed by atoms with Crippen molar-refractivity contribution in [3.05, 3.63) is 39.9 Å². The number of esters is 1. The zero-order chi connectivity index (χ0) is 13.5. The van der Waals surface area contributed by atoms with Gasteiger partial charge >= 0.3 is 5.97 Å². The van der Waals surface area contributed by atoms with E-state index in [1.807, 2.05) is 44.2 Å². The van der Waals surface area contributed by atoms with Crippen LogP contribution in [-0.4, -0.2) is 12.6 Å². The van der Waals surface area contributed by atoms with Crippen molar-refractivity contribution < 1.29 is 9.53 Å². The van der Waals surface area contributed by atoms with E-state index in [4.69, 9.17) is 10.00 Å². The second-order valence-electron chi connectivity index (χ2n) is 4.18. The molecule has 0 spiro atoms. The number of benzene rings is 1. The molecule has 0 aliphatic heterocycles. The number of hydrogen-bond acceptors (Lipinski definition) is 3. The number of hydrogen-bond donors (Lipinski definition) is 0. The van der Waals surface area contributed by atoms with Crippen LogP contribution in [0.15, 0.2) is 34.3 Å². The van der Waals surface area contributed by atoms with Gasteiger partial charge in [0.05, 0.1) is 6.61 Å². The van der Waals surface area contributed by atoms with Crippen LogP contribution in [-0.2, 0) is 9.53 Å². The molecule has 0 N–H and O–H groups in total. The predicted molar refractivity (Wildman–Crippen MR) is 73.5 cm³/mol. The Morgan fingerprint density at radius 2 is 2.17 bits per heavy atom. The van der Waals surface area contributed by atoms with E-state index in [1.54, 1.807) is 0 Å². The number of nitriles is 1. The zero-order valence-corrected chi connectivity index (χ0v) is 11.9. The van der Waals surface area contributed by atoms with E-state index in [0.29, 0.717) is 6.61 Å². The summed E-state index contributed by atoms with van der Waals surface area (Å²) in [6, 6.07) is 9.24. The van der Waals surface area contributed by atoms with Gasteiger partial charge in [-0.15, -0.1) is 0 Å². The van der Waals surface area contributed by atoms with Gasteiger partial charge in [0.25, 0.3) is 0 Å². The fraction of sp³-hybridized carbons (Fsp3) is 0.286. The maximum Gasteiger partial charge on any atom is 0.348 e. The SMILES string of the molecule is CC(C)COC(=O)/C(C#N)=C/c1ccccc1Br. The summed E-state index contributed by atoms with van der Waals surface area (Å²) in [7, 11) is 0. The third-order valence-corrected chi connectivity index (χ3v) is 2.82. The molecule has 94 valence electrons. The molecule has 0 amide bonds. The monoisotopic (exact) mass is 307 g/mol. The Bertz CT molecular complexity index is 501. The lowest BCUT2D eigenvalue weighted by Crippen LogP contribution is -2.11. The number of nitrogens with zero attached hydrogens (tertiary/aromatic N) is 1. The smallest absolute Gasteiger partial charge is 0.348 e. The van der Waals surface area contributed by atoms with Crippen molar-refractivity contribution in [3.63, 3.8) is 0 Å². The van der Waals surface area contributed by atoms with Crippen LogP contribution in [0.2, 0.25) is 0 Å². The minimum atomic E-state index is -0.582. The molecule has 1 aromatic rings. The molecule has 0 unspecified atom stereocenters. The Morgan fingerprint density at radius 1 is 1.50 bits per heavy atom. The number of halogens is 1. The largest absolute Gasteiger partial charge is 0.461 e. The number of carbonyl (C=O) groups excluding carboxylic acids is 1. The molecule has 0 saturated carbocycles. The van der Waals surface area contributed by atoms with E-state index in [1.165, 1.54) is 6.08 Å². The second-order valence-corrected chi connectivity index (χ2v) is 5.04. The first kappa shape index (κ1) is 14.5. The van der Waals surface area contributed by atoms with Gasteiger partial charge in [-0.2, -0.15) is 5.26 Å². The van der Waals surface area contributed by atoms with Crippen LogP contribution in [0.1, 0.15) is 19.4 Å². The lowest BCUT2D eigenvalue weighted by atomic mass is 10.1. The Labute approximate surface area is 115 Å². The molecule has 4 heteroatoms. The normalized spacial score (nSPS) is 11.2. The molecule has 3 nitrogen and oxygen atoms in total. The molecule has 0 atom stereocenters. The van der Waals surface area contributed by atoms with Gasteiger partial charge in [0.2, 0.25) is 0 Å². The highest BCUT2D eigenvalue weighted by molar-refractivity contribution is 9.10. The molecule has 1 aromatic carbocycles. The van der Waals surface area contributed by atoms with Gasteiger partial charge in [0.1, 0.15) is 11.6 Å². The summed E-state index contributed by atoms with van der Waals surface area (Å²) in [5.74, 6) is -0.334. The predicted octanol–water partition coefficient (Wildman–Crippen LogP) is 3.56. The summed E-state index contributed by atoms with van der Waals surface area (Å²) < 4.78 is 5.85. The minimum Gasteiger partial charge on any atom is -0.461 e. The van der Waals surface area contributed by atoms with Gasteiger partial charge in [-0.1, -0.05) is 48.0 Å². The lowest BCUT2D eigenvalue weighted by Gasteiger charge is -2.06. The highest BCUT2D eigenvalue weighted by Gasteiger charge is 2.12. The van der Waals surface area contributed by atoms with E-state index in [0.717, 1.165) is 10.0 Å². The summed E-state index contributed by atoms with van der Waals surface area (Å²) in [6.45, 7) is 4.20. The summed E-state index contributed by atoms with van der Waals surface area (Å²) in [5, 5.41) is 8.98. The standard InChI is InChI=1S/C14H14BrNO2/c1-10(2)9-18-14(17)12(8-16)7-11-5-3-4-6-13(11)15/h3-7,10H,9H2,1-2H3/b12-7+. The summed E-state index contributed by atoms with van der Waals surface area (Å²) >= 11 is 3.36. The maximum absolute atomic E-state index is 11.7. The minimum absolute atomic E-state index is 0.00236. The van der Waals surface area contributed by atoms with Crippen LogP contribution in [0, 0.1) is 17.2 Å². The van der Waals surface area contributed by atoms with Crippen LogP contribution >= 0.6 is 15.9 Å². The summed E-state index contributed by atoms with van der Waals surface area (Å²) in [4.78, 5) is 11.7. The average molecular weight is 308 g/mol. The quantitative estimate of drug-likeness (QED) is 0.485. The maximum atomic E-state index is 11.7. The van der Waals surface area contributed by atoms with Gasteiger partial charge in [-0.05, 0) is 23.6 Å². The van der Waals surface area contributed by atoms with Crippen molar-refractivity contribution in [1.82, 2.24) is 0 Å². The average Bonchev–Trinajstić information content (AvgIpc) is 2.35. The zero-order valence-electron chi connectivity index (χ0n) is 10.3. The molecular weight excluding hydrogens is 294 g/mol. The van der Waals surface area contributed by atoms with Gasteiger partial charge in [-0.25, -0.2) is 4.79 Å². The number of rotatable bonds is 4. The molecule has 0 heterocycles. The van der Waals surface area contributed by atoms with E-state index in [9.17, 15) is 4.79 Å². The summed E-state index contributed by atoms with van der Waals surface area (Å²) in [5.41, 5.74) is 0.776. The lowest BCUT2D eigenvalue weighted by molar-refractivity contribution is -0.139. The molecule has 1 rings (SSSR count). The molecule has 0 fully saturated rings. The van der Waals surface area contributed by atoms with Crippen molar-refractivity contribution >= 4 is 28.0 Å². The highest BCUT2D eigenvalue weighted by atomic mass is 79.9. The fourth-order valence-electron chi connectivity index (χ4n) is 1.20. The van der Waals surface area contributed by atoms with E-state index < -0.39 is 5.97 Å². The molecular formula is C14H14BrNO2. The van der Waals surface area contributed by atoms with Crippen molar-refractivity contribution in [1.29, 1.82) is 5.26 Å². The first-order valence-corrected chi connectivity index (χ1v) is 6.37. The molecule has 0 aromatic heterocycles. The van der Waals surface area contributed by atoms with Gasteiger partial charge < -0.3 is 4.74 Å². The van der Waals surface area contributed by atoms with Crippen molar-refractivity contribution in [3.8, 4) is 6.07 Å². The Kier molecular flexibility index (Phi) is 5.60. The van der Waals surface area contributed by atoms with Gasteiger partial charge in [-0.3, -0.25) is 0 Å². The third-order valence-electron chi connectivity index (χ3n) is 2.09. The first-order valence-electron chi connectivity index (χ1n) is 5.58. The van der Waals surface area contributed by atoms with Crippen LogP contribution in [0.25, 0.3) is 6.08 Å². The van der Waals surface area contributed by atoms with Crippen molar-refractivity contribution in [2.45, 2.75) is 13.8 Å². The molecule has 18 heavy (non-hydrogen) atoms. The first-order chi connectivity index (χ1) is 8.54. The Balaban J connectivity index is 2.87. The van der Waals surface area contributed by atoms with Crippen LogP contribution in [0.4, 0.5) is 0 Å². The Morgan fingerprint density at radius 3 is 2.72 bits per heavy atom. The molecule has 0 saturated heterocycles.